The molecule has 0 aliphatic carbocycles. The summed E-state index contributed by atoms with van der Waals surface area (Å²) in [5, 5.41) is 0. The summed E-state index contributed by atoms with van der Waals surface area (Å²) in [5.41, 5.74) is 0.628. The highest BCUT2D eigenvalue weighted by molar-refractivity contribution is 5.89. The third kappa shape index (κ3) is 3.16. The molecule has 4 fully saturated rings. The maximum absolute atomic E-state index is 12.4. The van der Waals surface area contributed by atoms with E-state index in [4.69, 9.17) is 4.74 Å². The van der Waals surface area contributed by atoms with Crippen LogP contribution in [-0.4, -0.2) is 59.5 Å². The highest BCUT2D eigenvalue weighted by Crippen LogP contribution is 2.43. The molecule has 5 heteroatoms. The second kappa shape index (κ2) is 6.93. The first-order valence-corrected chi connectivity index (χ1v) is 10.5. The molecule has 1 aromatic rings. The van der Waals surface area contributed by atoms with E-state index in [1.54, 1.807) is 0 Å². The molecular formula is C22H28N2O3. The minimum atomic E-state index is -0.211. The minimum Gasteiger partial charge on any atom is -0.459 e. The maximum Gasteiger partial charge on any atom is 0.338 e. The standard InChI is InChI=1S/C22H28N2O3/c25-21-8-4-7-19-16-11-17(14-24(19)21)20-12-18(9-10-23(20)13-16)27-22(26)15-5-2-1-3-6-15/h1-3,5-6,16-20H,4,7-14H2/t16?,17?,18-,19?,20?/m0/s1. The van der Waals surface area contributed by atoms with Crippen LogP contribution in [0, 0.1) is 11.8 Å². The van der Waals surface area contributed by atoms with Crippen molar-refractivity contribution in [2.45, 2.75) is 56.7 Å². The van der Waals surface area contributed by atoms with Gasteiger partial charge in [0.15, 0.2) is 0 Å². The Bertz CT molecular complexity index is 722. The number of carbonyl (C=O) groups is 2. The predicted molar refractivity (Wildman–Crippen MR) is 101 cm³/mol. The van der Waals surface area contributed by atoms with Gasteiger partial charge in [-0.15, -0.1) is 0 Å². The van der Waals surface area contributed by atoms with Crippen molar-refractivity contribution in [2.75, 3.05) is 19.6 Å². The Morgan fingerprint density at radius 1 is 1.00 bits per heavy atom. The number of hydrogen-bond acceptors (Lipinski definition) is 4. The predicted octanol–water partition coefficient (Wildman–Crippen LogP) is 2.71. The van der Waals surface area contributed by atoms with E-state index in [0.29, 0.717) is 35.4 Å². The Hall–Kier alpha value is -1.88. The molecule has 0 radical (unpaired) electrons. The lowest BCUT2D eigenvalue weighted by Gasteiger charge is -2.57. The first-order chi connectivity index (χ1) is 13.2. The SMILES string of the molecule is O=C(O[C@H]1CCN2CC3CC(CN4C(=O)CCCC34)C2C1)c1ccccc1. The quantitative estimate of drug-likeness (QED) is 0.753. The summed E-state index contributed by atoms with van der Waals surface area (Å²) in [6, 6.07) is 10.2. The van der Waals surface area contributed by atoms with Gasteiger partial charge in [0.1, 0.15) is 6.10 Å². The van der Waals surface area contributed by atoms with Crippen LogP contribution in [0.5, 0.6) is 0 Å². The highest BCUT2D eigenvalue weighted by Gasteiger charge is 2.49. The Morgan fingerprint density at radius 3 is 2.67 bits per heavy atom. The summed E-state index contributed by atoms with van der Waals surface area (Å²) in [6.07, 6.45) is 6.01. The first-order valence-electron chi connectivity index (χ1n) is 10.5. The molecule has 0 spiro atoms. The maximum atomic E-state index is 12.4. The summed E-state index contributed by atoms with van der Waals surface area (Å²) in [4.78, 5) is 29.7. The first kappa shape index (κ1) is 17.2. The number of carbonyl (C=O) groups excluding carboxylic acids is 2. The summed E-state index contributed by atoms with van der Waals surface area (Å²) < 4.78 is 5.85. The number of benzene rings is 1. The average molecular weight is 368 g/mol. The van der Waals surface area contributed by atoms with Crippen molar-refractivity contribution < 1.29 is 14.3 Å². The van der Waals surface area contributed by atoms with Crippen molar-refractivity contribution in [3.05, 3.63) is 35.9 Å². The Morgan fingerprint density at radius 2 is 1.81 bits per heavy atom. The van der Waals surface area contributed by atoms with Gasteiger partial charge in [-0.2, -0.15) is 0 Å². The Balaban J connectivity index is 1.27. The second-order valence-electron chi connectivity index (χ2n) is 8.74. The summed E-state index contributed by atoms with van der Waals surface area (Å²) in [5.74, 6) is 1.31. The van der Waals surface area contributed by atoms with Gasteiger partial charge < -0.3 is 9.64 Å². The highest BCUT2D eigenvalue weighted by atomic mass is 16.5. The molecule has 5 rings (SSSR count). The number of nitrogens with zero attached hydrogens (tertiary/aromatic N) is 2. The smallest absolute Gasteiger partial charge is 0.338 e. The van der Waals surface area contributed by atoms with Crippen LogP contribution in [0.25, 0.3) is 0 Å². The van der Waals surface area contributed by atoms with Gasteiger partial charge in [0.2, 0.25) is 5.91 Å². The second-order valence-corrected chi connectivity index (χ2v) is 8.74. The molecular weight excluding hydrogens is 340 g/mol. The minimum absolute atomic E-state index is 0.00899. The van der Waals surface area contributed by atoms with Gasteiger partial charge in [0.25, 0.3) is 0 Å². The molecule has 0 saturated carbocycles. The number of piperidine rings is 4. The van der Waals surface area contributed by atoms with Crippen molar-refractivity contribution in [3.8, 4) is 0 Å². The third-order valence-corrected chi connectivity index (χ3v) is 7.20. The van der Waals surface area contributed by atoms with Gasteiger partial charge in [-0.05, 0) is 49.7 Å². The van der Waals surface area contributed by atoms with Gasteiger partial charge >= 0.3 is 5.97 Å². The van der Waals surface area contributed by atoms with Crippen molar-refractivity contribution in [1.29, 1.82) is 0 Å². The van der Waals surface area contributed by atoms with E-state index < -0.39 is 0 Å². The van der Waals surface area contributed by atoms with E-state index in [0.717, 1.165) is 45.3 Å². The molecule has 4 saturated heterocycles. The fourth-order valence-electron chi connectivity index (χ4n) is 5.95. The van der Waals surface area contributed by atoms with Crippen LogP contribution in [-0.2, 0) is 9.53 Å². The molecule has 144 valence electrons. The van der Waals surface area contributed by atoms with E-state index in [2.05, 4.69) is 9.80 Å². The molecule has 1 aromatic carbocycles. The van der Waals surface area contributed by atoms with E-state index in [-0.39, 0.29) is 12.1 Å². The van der Waals surface area contributed by atoms with Crippen molar-refractivity contribution in [2.24, 2.45) is 11.8 Å². The molecule has 2 bridgehead atoms. The summed E-state index contributed by atoms with van der Waals surface area (Å²) in [7, 11) is 0. The molecule has 1 amide bonds. The number of hydrogen-bond donors (Lipinski definition) is 0. The van der Waals surface area contributed by atoms with Crippen LogP contribution in [0.15, 0.2) is 30.3 Å². The number of esters is 1. The number of ether oxygens (including phenoxy) is 1. The molecule has 0 aromatic heterocycles. The zero-order valence-electron chi connectivity index (χ0n) is 15.8. The summed E-state index contributed by atoms with van der Waals surface area (Å²) in [6.45, 7) is 3.01. The van der Waals surface area contributed by atoms with Gasteiger partial charge in [0.05, 0.1) is 5.56 Å². The Kier molecular flexibility index (Phi) is 4.43. The Labute approximate surface area is 160 Å². The van der Waals surface area contributed by atoms with E-state index in [1.807, 2.05) is 30.3 Å². The zero-order valence-corrected chi connectivity index (χ0v) is 15.8. The van der Waals surface area contributed by atoms with Crippen LogP contribution in [0.1, 0.15) is 48.9 Å². The number of amides is 1. The zero-order chi connectivity index (χ0) is 18.4. The van der Waals surface area contributed by atoms with Crippen LogP contribution in [0.3, 0.4) is 0 Å². The van der Waals surface area contributed by atoms with E-state index in [1.165, 1.54) is 12.8 Å². The van der Waals surface area contributed by atoms with Gasteiger partial charge in [-0.3, -0.25) is 9.69 Å². The molecule has 4 aliphatic heterocycles. The lowest BCUT2D eigenvalue weighted by Crippen LogP contribution is -2.65. The van der Waals surface area contributed by atoms with Crippen LogP contribution in [0.2, 0.25) is 0 Å². The van der Waals surface area contributed by atoms with Gasteiger partial charge in [-0.1, -0.05) is 18.2 Å². The summed E-state index contributed by atoms with van der Waals surface area (Å²) >= 11 is 0. The molecule has 5 nitrogen and oxygen atoms in total. The topological polar surface area (TPSA) is 49.9 Å². The molecule has 4 aliphatic rings. The average Bonchev–Trinajstić information content (AvgIpc) is 2.70. The molecule has 27 heavy (non-hydrogen) atoms. The largest absolute Gasteiger partial charge is 0.459 e. The van der Waals surface area contributed by atoms with Crippen LogP contribution < -0.4 is 0 Å². The van der Waals surface area contributed by atoms with Crippen LogP contribution in [0.4, 0.5) is 0 Å². The molecule has 0 N–H and O–H groups in total. The van der Waals surface area contributed by atoms with E-state index >= 15 is 0 Å². The molecule has 4 heterocycles. The number of fused-ring (bicyclic) bond motifs is 6. The molecule has 4 unspecified atom stereocenters. The molecule has 5 atom stereocenters. The van der Waals surface area contributed by atoms with Crippen LogP contribution >= 0.6 is 0 Å². The van der Waals surface area contributed by atoms with Gasteiger partial charge in [0, 0.05) is 44.6 Å². The normalized spacial score (nSPS) is 35.9. The van der Waals surface area contributed by atoms with E-state index in [9.17, 15) is 9.59 Å². The number of rotatable bonds is 2. The van der Waals surface area contributed by atoms with Crippen molar-refractivity contribution >= 4 is 11.9 Å². The van der Waals surface area contributed by atoms with Crippen molar-refractivity contribution in [1.82, 2.24) is 9.80 Å². The van der Waals surface area contributed by atoms with Gasteiger partial charge in [-0.25, -0.2) is 4.79 Å². The lowest BCUT2D eigenvalue weighted by atomic mass is 9.70. The fraction of sp³-hybridized carbons (Fsp3) is 0.636. The third-order valence-electron chi connectivity index (χ3n) is 7.20. The lowest BCUT2D eigenvalue weighted by molar-refractivity contribution is -0.150. The monoisotopic (exact) mass is 368 g/mol. The van der Waals surface area contributed by atoms with Crippen molar-refractivity contribution in [3.63, 3.8) is 0 Å². The fourth-order valence-corrected chi connectivity index (χ4v) is 5.95.